The first-order valence-electron chi connectivity index (χ1n) is 9.89. The molecule has 0 unspecified atom stereocenters. The molecule has 1 atom stereocenters. The van der Waals surface area contributed by atoms with Crippen LogP contribution in [-0.2, 0) is 0 Å². The second kappa shape index (κ2) is 7.92. The molecule has 4 nitrogen and oxygen atoms in total. The third kappa shape index (κ3) is 3.92. The first-order chi connectivity index (χ1) is 14.0. The largest absolute Gasteiger partial charge is 0.505 e. The van der Waals surface area contributed by atoms with Crippen LogP contribution < -0.4 is 5.32 Å². The number of phenolic OH excluding ortho intramolecular Hbond substituents is 1. The van der Waals surface area contributed by atoms with Gasteiger partial charge in [0.25, 0.3) is 0 Å². The van der Waals surface area contributed by atoms with Gasteiger partial charge < -0.3 is 10.4 Å². The van der Waals surface area contributed by atoms with E-state index in [1.807, 2.05) is 49.4 Å². The number of hydrogen-bond donors (Lipinski definition) is 2. The Morgan fingerprint density at radius 3 is 2.28 bits per heavy atom. The lowest BCUT2D eigenvalue weighted by Gasteiger charge is -2.22. The first-order valence-corrected chi connectivity index (χ1v) is 9.89. The Kier molecular flexibility index (Phi) is 5.17. The number of rotatable bonds is 5. The lowest BCUT2D eigenvalue weighted by molar-refractivity contribution is 0.471. The molecular weight excluding hydrogens is 358 g/mol. The molecule has 0 aliphatic rings. The van der Waals surface area contributed by atoms with E-state index in [0.717, 1.165) is 28.0 Å². The van der Waals surface area contributed by atoms with Gasteiger partial charge in [-0.2, -0.15) is 0 Å². The summed E-state index contributed by atoms with van der Waals surface area (Å²) in [7, 11) is 0. The van der Waals surface area contributed by atoms with Crippen molar-refractivity contribution in [3.05, 3.63) is 95.3 Å². The molecule has 2 heterocycles. The number of aromatic nitrogens is 2. The van der Waals surface area contributed by atoms with Gasteiger partial charge in [0.2, 0.25) is 0 Å². The van der Waals surface area contributed by atoms with Crippen LogP contribution in [0.1, 0.15) is 48.2 Å². The summed E-state index contributed by atoms with van der Waals surface area (Å²) in [5.74, 6) is 1.42. The fourth-order valence-electron chi connectivity index (χ4n) is 3.53. The minimum absolute atomic E-state index is 0.201. The van der Waals surface area contributed by atoms with Gasteiger partial charge in [-0.05, 0) is 42.2 Å². The number of aryl methyl sites for hydroxylation is 1. The summed E-state index contributed by atoms with van der Waals surface area (Å²) in [4.78, 5) is 8.98. The number of benzene rings is 2. The molecule has 0 spiro atoms. The fourth-order valence-corrected chi connectivity index (χ4v) is 3.53. The van der Waals surface area contributed by atoms with Gasteiger partial charge in [0, 0.05) is 22.8 Å². The third-order valence-corrected chi connectivity index (χ3v) is 5.21. The molecule has 0 amide bonds. The number of pyridine rings is 2. The molecule has 2 aromatic heterocycles. The summed E-state index contributed by atoms with van der Waals surface area (Å²) in [6, 6.07) is 21.9. The number of nitrogens with zero attached hydrogens (tertiary/aromatic N) is 2. The zero-order chi connectivity index (χ0) is 20.4. The van der Waals surface area contributed by atoms with E-state index < -0.39 is 0 Å². The number of anilines is 1. The summed E-state index contributed by atoms with van der Waals surface area (Å²) in [6.07, 6.45) is 1.76. The highest BCUT2D eigenvalue weighted by Crippen LogP contribution is 2.36. The predicted molar refractivity (Wildman–Crippen MR) is 118 cm³/mol. The van der Waals surface area contributed by atoms with Crippen molar-refractivity contribution in [3.63, 3.8) is 0 Å². The average Bonchev–Trinajstić information content (AvgIpc) is 2.74. The number of hydrogen-bond acceptors (Lipinski definition) is 4. The third-order valence-electron chi connectivity index (χ3n) is 5.21. The number of aromatic hydroxyl groups is 1. The molecule has 29 heavy (non-hydrogen) atoms. The van der Waals surface area contributed by atoms with Crippen LogP contribution in [0.4, 0.5) is 5.82 Å². The molecule has 2 N–H and O–H groups in total. The monoisotopic (exact) mass is 383 g/mol. The molecule has 0 bridgehead atoms. The normalized spacial score (nSPS) is 12.3. The van der Waals surface area contributed by atoms with Gasteiger partial charge >= 0.3 is 0 Å². The van der Waals surface area contributed by atoms with Crippen LogP contribution in [0.5, 0.6) is 5.75 Å². The van der Waals surface area contributed by atoms with E-state index >= 15 is 0 Å². The molecule has 0 aliphatic heterocycles. The smallest absolute Gasteiger partial charge is 0.147 e. The zero-order valence-corrected chi connectivity index (χ0v) is 16.9. The van der Waals surface area contributed by atoms with Crippen LogP contribution in [0.2, 0.25) is 0 Å². The maximum atomic E-state index is 11.1. The fraction of sp³-hybridized carbons (Fsp3) is 0.200. The van der Waals surface area contributed by atoms with Crippen molar-refractivity contribution in [1.29, 1.82) is 0 Å². The molecule has 0 fully saturated rings. The van der Waals surface area contributed by atoms with Gasteiger partial charge in [0.05, 0.1) is 6.04 Å². The molecule has 4 aromatic rings. The maximum absolute atomic E-state index is 11.1. The van der Waals surface area contributed by atoms with E-state index in [9.17, 15) is 5.11 Å². The average molecular weight is 383 g/mol. The maximum Gasteiger partial charge on any atom is 0.147 e. The van der Waals surface area contributed by atoms with Crippen LogP contribution in [0, 0.1) is 6.92 Å². The summed E-state index contributed by atoms with van der Waals surface area (Å²) in [5, 5.41) is 15.5. The highest BCUT2D eigenvalue weighted by atomic mass is 16.3. The minimum atomic E-state index is -0.252. The highest BCUT2D eigenvalue weighted by Gasteiger charge is 2.20. The highest BCUT2D eigenvalue weighted by molar-refractivity contribution is 5.86. The van der Waals surface area contributed by atoms with Gasteiger partial charge in [0.1, 0.15) is 17.1 Å². The molecule has 4 heteroatoms. The summed E-state index contributed by atoms with van der Waals surface area (Å²) in [5.41, 5.74) is 4.61. The lowest BCUT2D eigenvalue weighted by Crippen LogP contribution is -2.14. The van der Waals surface area contributed by atoms with Crippen LogP contribution in [0.3, 0.4) is 0 Å². The molecule has 0 saturated carbocycles. The molecular formula is C25H25N3O. The molecule has 0 aliphatic carbocycles. The van der Waals surface area contributed by atoms with E-state index in [1.165, 1.54) is 5.56 Å². The van der Waals surface area contributed by atoms with Crippen molar-refractivity contribution in [2.45, 2.75) is 32.7 Å². The van der Waals surface area contributed by atoms with Crippen LogP contribution in [0.25, 0.3) is 10.9 Å². The van der Waals surface area contributed by atoms with Crippen molar-refractivity contribution < 1.29 is 5.11 Å². The Labute approximate surface area is 171 Å². The van der Waals surface area contributed by atoms with Crippen molar-refractivity contribution in [2.75, 3.05) is 5.32 Å². The number of fused-ring (bicyclic) bond motifs is 1. The van der Waals surface area contributed by atoms with Gasteiger partial charge in [-0.1, -0.05) is 62.4 Å². The molecule has 0 saturated heterocycles. The lowest BCUT2D eigenvalue weighted by atomic mass is 9.93. The van der Waals surface area contributed by atoms with Crippen LogP contribution in [0.15, 0.2) is 72.9 Å². The van der Waals surface area contributed by atoms with E-state index in [2.05, 4.69) is 53.4 Å². The van der Waals surface area contributed by atoms with Crippen molar-refractivity contribution in [2.24, 2.45) is 0 Å². The minimum Gasteiger partial charge on any atom is -0.505 e. The Morgan fingerprint density at radius 2 is 1.59 bits per heavy atom. The second-order valence-electron chi connectivity index (χ2n) is 7.64. The summed E-state index contributed by atoms with van der Waals surface area (Å²) < 4.78 is 0. The Hall–Kier alpha value is -3.40. The number of phenols is 1. The SMILES string of the molecule is Cc1ccc2ccc([C@@H](Nc3ccccn3)c3ccc(C(C)C)cc3)c(O)c2n1. The molecule has 2 aromatic carbocycles. The predicted octanol–water partition coefficient (Wildman–Crippen LogP) is 5.97. The first kappa shape index (κ1) is 18.9. The molecule has 0 radical (unpaired) electrons. The number of nitrogens with one attached hydrogen (secondary N) is 1. The standard InChI is InChI=1S/C25H25N3O/c1-16(2)18-9-11-19(12-10-18)23(28-22-6-4-5-15-26-22)21-14-13-20-8-7-17(3)27-24(20)25(21)29/h4-16,23,29H,1-3H3,(H,26,28)/t23-/m0/s1. The van der Waals surface area contributed by atoms with Gasteiger partial charge in [0.15, 0.2) is 0 Å². The second-order valence-corrected chi connectivity index (χ2v) is 7.64. The quantitative estimate of drug-likeness (QED) is 0.446. The van der Waals surface area contributed by atoms with Gasteiger partial charge in [-0.15, -0.1) is 0 Å². The Morgan fingerprint density at radius 1 is 0.862 bits per heavy atom. The van der Waals surface area contributed by atoms with Crippen molar-refractivity contribution >= 4 is 16.7 Å². The van der Waals surface area contributed by atoms with E-state index in [1.54, 1.807) is 6.20 Å². The molecule has 4 rings (SSSR count). The van der Waals surface area contributed by atoms with E-state index in [-0.39, 0.29) is 11.8 Å². The summed E-state index contributed by atoms with van der Waals surface area (Å²) in [6.45, 7) is 6.30. The Balaban J connectivity index is 1.83. The molecule has 146 valence electrons. The van der Waals surface area contributed by atoms with Gasteiger partial charge in [-0.25, -0.2) is 9.97 Å². The Bertz CT molecular complexity index is 1120. The van der Waals surface area contributed by atoms with E-state index in [0.29, 0.717) is 11.4 Å². The van der Waals surface area contributed by atoms with Crippen molar-refractivity contribution in [1.82, 2.24) is 9.97 Å². The van der Waals surface area contributed by atoms with Crippen LogP contribution >= 0.6 is 0 Å². The summed E-state index contributed by atoms with van der Waals surface area (Å²) >= 11 is 0. The zero-order valence-electron chi connectivity index (χ0n) is 16.9. The van der Waals surface area contributed by atoms with Gasteiger partial charge in [-0.3, -0.25) is 0 Å². The van der Waals surface area contributed by atoms with Crippen molar-refractivity contribution in [3.8, 4) is 5.75 Å². The van der Waals surface area contributed by atoms with E-state index in [4.69, 9.17) is 0 Å². The van der Waals surface area contributed by atoms with Crippen LogP contribution in [-0.4, -0.2) is 15.1 Å². The topological polar surface area (TPSA) is 58.0 Å².